The summed E-state index contributed by atoms with van der Waals surface area (Å²) in [5.41, 5.74) is 0.338. The topological polar surface area (TPSA) is 42.9 Å². The molecule has 17 heavy (non-hydrogen) atoms. The smallest absolute Gasteiger partial charge is 0.286 e. The first-order valence-electron chi connectivity index (χ1n) is 4.76. The Balaban J connectivity index is 2.32. The summed E-state index contributed by atoms with van der Waals surface area (Å²) in [5.74, 6) is -2.95. The van der Waals surface area contributed by atoms with Crippen molar-refractivity contribution in [2.24, 2.45) is 0 Å². The van der Waals surface area contributed by atoms with Crippen LogP contribution in [0, 0.1) is 0 Å². The van der Waals surface area contributed by atoms with E-state index >= 15 is 0 Å². The Morgan fingerprint density at radius 2 is 2.06 bits per heavy atom. The zero-order valence-electron chi connectivity index (χ0n) is 8.85. The summed E-state index contributed by atoms with van der Waals surface area (Å²) < 4.78 is 25.9. The predicted octanol–water partition coefficient (Wildman–Crippen LogP) is 3.13. The van der Waals surface area contributed by atoms with E-state index in [9.17, 15) is 13.6 Å². The number of aldehydes is 1. The largest absolute Gasteiger partial charge is 0.297 e. The van der Waals surface area contributed by atoms with E-state index in [1.807, 2.05) is 0 Å². The highest BCUT2D eigenvalue weighted by atomic mass is 32.1. The summed E-state index contributed by atoms with van der Waals surface area (Å²) in [6, 6.07) is 2.78. The van der Waals surface area contributed by atoms with Gasteiger partial charge >= 0.3 is 0 Å². The molecule has 2 aromatic rings. The van der Waals surface area contributed by atoms with Gasteiger partial charge < -0.3 is 0 Å². The molecule has 0 N–H and O–H groups in total. The van der Waals surface area contributed by atoms with Crippen LogP contribution < -0.4 is 0 Å². The van der Waals surface area contributed by atoms with Gasteiger partial charge in [-0.25, -0.2) is 4.98 Å². The second kappa shape index (κ2) is 4.29. The van der Waals surface area contributed by atoms with Crippen molar-refractivity contribution in [1.29, 1.82) is 0 Å². The maximum absolute atomic E-state index is 12.9. The number of nitrogens with zero attached hydrogens (tertiary/aromatic N) is 2. The van der Waals surface area contributed by atoms with Crippen LogP contribution in [-0.4, -0.2) is 16.3 Å². The van der Waals surface area contributed by atoms with Crippen molar-refractivity contribution in [3.8, 4) is 10.6 Å². The number of hydrogen-bond donors (Lipinski definition) is 0. The lowest BCUT2D eigenvalue weighted by molar-refractivity contribution is 0.0128. The van der Waals surface area contributed by atoms with E-state index in [1.54, 1.807) is 0 Å². The zero-order chi connectivity index (χ0) is 12.5. The van der Waals surface area contributed by atoms with E-state index in [0.29, 0.717) is 21.7 Å². The highest BCUT2D eigenvalue weighted by Crippen LogP contribution is 2.28. The number of rotatable bonds is 3. The number of halogens is 2. The average Bonchev–Trinajstić information content (AvgIpc) is 2.76. The summed E-state index contributed by atoms with van der Waals surface area (Å²) in [4.78, 5) is 18.7. The van der Waals surface area contributed by atoms with Gasteiger partial charge in [0, 0.05) is 24.9 Å². The van der Waals surface area contributed by atoms with Crippen LogP contribution in [0.3, 0.4) is 0 Å². The predicted molar refractivity (Wildman–Crippen MR) is 60.3 cm³/mol. The number of carbonyl (C=O) groups excluding carboxylic acids is 1. The highest BCUT2D eigenvalue weighted by molar-refractivity contribution is 7.16. The SMILES string of the molecule is CC(F)(F)c1ccc(-c2ncc(C=O)s2)cn1. The van der Waals surface area contributed by atoms with Gasteiger partial charge in [0.15, 0.2) is 6.29 Å². The highest BCUT2D eigenvalue weighted by Gasteiger charge is 2.25. The summed E-state index contributed by atoms with van der Waals surface area (Å²) in [7, 11) is 0. The molecule has 0 aliphatic rings. The van der Waals surface area contributed by atoms with Crippen LogP contribution in [0.2, 0.25) is 0 Å². The normalized spacial score (nSPS) is 11.5. The standard InChI is InChI=1S/C11H8F2N2OS/c1-11(12,13)9-3-2-7(4-14-9)10-15-5-8(6-16)17-10/h2-6H,1H3. The van der Waals surface area contributed by atoms with Crippen molar-refractivity contribution >= 4 is 17.6 Å². The number of hydrogen-bond acceptors (Lipinski definition) is 4. The van der Waals surface area contributed by atoms with E-state index in [2.05, 4.69) is 9.97 Å². The van der Waals surface area contributed by atoms with Gasteiger partial charge in [-0.15, -0.1) is 11.3 Å². The number of aromatic nitrogens is 2. The Kier molecular flexibility index (Phi) is 2.97. The molecule has 0 spiro atoms. The van der Waals surface area contributed by atoms with E-state index in [1.165, 1.54) is 35.9 Å². The second-order valence-corrected chi connectivity index (χ2v) is 4.57. The lowest BCUT2D eigenvalue weighted by atomic mass is 10.2. The average molecular weight is 254 g/mol. The van der Waals surface area contributed by atoms with Crippen molar-refractivity contribution in [3.05, 3.63) is 35.1 Å². The quantitative estimate of drug-likeness (QED) is 0.790. The number of carbonyl (C=O) groups is 1. The molecule has 3 nitrogen and oxygen atoms in total. The molecule has 0 aliphatic heterocycles. The van der Waals surface area contributed by atoms with Gasteiger partial charge in [0.1, 0.15) is 10.7 Å². The van der Waals surface area contributed by atoms with Crippen molar-refractivity contribution < 1.29 is 13.6 Å². The van der Waals surface area contributed by atoms with Crippen LogP contribution in [0.1, 0.15) is 22.3 Å². The van der Waals surface area contributed by atoms with Crippen molar-refractivity contribution in [2.75, 3.05) is 0 Å². The molecule has 2 heterocycles. The lowest BCUT2D eigenvalue weighted by Gasteiger charge is -2.08. The Labute approximate surface area is 100 Å². The molecule has 0 unspecified atom stereocenters. The number of pyridine rings is 1. The second-order valence-electron chi connectivity index (χ2n) is 3.51. The molecule has 0 aromatic carbocycles. The Hall–Kier alpha value is -1.69. The van der Waals surface area contributed by atoms with Crippen LogP contribution in [0.4, 0.5) is 8.78 Å². The van der Waals surface area contributed by atoms with Crippen LogP contribution in [0.15, 0.2) is 24.5 Å². The van der Waals surface area contributed by atoms with Crippen molar-refractivity contribution in [1.82, 2.24) is 9.97 Å². The number of thiazole rings is 1. The lowest BCUT2D eigenvalue weighted by Crippen LogP contribution is -2.09. The maximum Gasteiger partial charge on any atom is 0.286 e. The first kappa shape index (κ1) is 11.8. The van der Waals surface area contributed by atoms with Crippen LogP contribution in [0.5, 0.6) is 0 Å². The molecule has 0 atom stereocenters. The minimum absolute atomic E-state index is 0.284. The van der Waals surface area contributed by atoms with E-state index in [4.69, 9.17) is 0 Å². The first-order chi connectivity index (χ1) is 8.00. The molecular formula is C11H8F2N2OS. The monoisotopic (exact) mass is 254 g/mol. The van der Waals surface area contributed by atoms with Gasteiger partial charge in [0.25, 0.3) is 5.92 Å². The molecule has 0 amide bonds. The van der Waals surface area contributed by atoms with E-state index < -0.39 is 5.92 Å². The minimum atomic E-state index is -2.95. The van der Waals surface area contributed by atoms with Crippen LogP contribution in [-0.2, 0) is 5.92 Å². The maximum atomic E-state index is 12.9. The zero-order valence-corrected chi connectivity index (χ0v) is 9.67. The van der Waals surface area contributed by atoms with E-state index in [0.717, 1.165) is 6.92 Å². The fourth-order valence-corrected chi connectivity index (χ4v) is 1.98. The van der Waals surface area contributed by atoms with Gasteiger partial charge in [-0.3, -0.25) is 9.78 Å². The van der Waals surface area contributed by atoms with Crippen LogP contribution >= 0.6 is 11.3 Å². The van der Waals surface area contributed by atoms with Gasteiger partial charge in [-0.2, -0.15) is 8.78 Å². The van der Waals surface area contributed by atoms with Crippen molar-refractivity contribution in [3.63, 3.8) is 0 Å². The summed E-state index contributed by atoms with van der Waals surface area (Å²) in [6.07, 6.45) is 3.47. The summed E-state index contributed by atoms with van der Waals surface area (Å²) in [5, 5.41) is 0.588. The fourth-order valence-electron chi connectivity index (χ4n) is 1.25. The van der Waals surface area contributed by atoms with Gasteiger partial charge in [-0.1, -0.05) is 0 Å². The third-order valence-corrected chi connectivity index (χ3v) is 3.07. The molecule has 2 rings (SSSR count). The molecular weight excluding hydrogens is 246 g/mol. The Morgan fingerprint density at radius 1 is 1.29 bits per heavy atom. The molecule has 2 aromatic heterocycles. The summed E-state index contributed by atoms with van der Waals surface area (Å²) in [6.45, 7) is 0.795. The molecule has 0 fully saturated rings. The van der Waals surface area contributed by atoms with E-state index in [-0.39, 0.29) is 5.69 Å². The molecule has 0 bridgehead atoms. The fraction of sp³-hybridized carbons (Fsp3) is 0.182. The molecule has 0 radical (unpaired) electrons. The molecule has 0 aliphatic carbocycles. The molecule has 0 saturated carbocycles. The van der Waals surface area contributed by atoms with Crippen LogP contribution in [0.25, 0.3) is 10.6 Å². The Morgan fingerprint density at radius 3 is 2.53 bits per heavy atom. The van der Waals surface area contributed by atoms with Crippen molar-refractivity contribution in [2.45, 2.75) is 12.8 Å². The number of alkyl halides is 2. The molecule has 88 valence electrons. The third kappa shape index (κ3) is 2.52. The molecule has 6 heteroatoms. The van der Waals surface area contributed by atoms with Gasteiger partial charge in [0.2, 0.25) is 0 Å². The minimum Gasteiger partial charge on any atom is -0.297 e. The summed E-state index contributed by atoms with van der Waals surface area (Å²) >= 11 is 1.19. The van der Waals surface area contributed by atoms with Gasteiger partial charge in [-0.05, 0) is 12.1 Å². The van der Waals surface area contributed by atoms with Gasteiger partial charge in [0.05, 0.1) is 4.88 Å². The Bertz CT molecular complexity index is 531. The third-order valence-electron chi connectivity index (χ3n) is 2.10. The molecule has 0 saturated heterocycles. The first-order valence-corrected chi connectivity index (χ1v) is 5.58.